The van der Waals surface area contributed by atoms with Gasteiger partial charge in [-0.2, -0.15) is 4.31 Å². The van der Waals surface area contributed by atoms with E-state index in [1.807, 2.05) is 31.2 Å². The Bertz CT molecular complexity index is 756. The summed E-state index contributed by atoms with van der Waals surface area (Å²) in [6.45, 7) is 2.38. The number of rotatable bonds is 8. The SMILES string of the molecule is Cc1ccc(OCCNC(=O)CN(C)S(=O)(=O)c2cccs2)cc1. The molecule has 8 heteroatoms. The molecule has 0 fully saturated rings. The average molecular weight is 368 g/mol. The fourth-order valence-corrected chi connectivity index (χ4v) is 4.23. The van der Waals surface area contributed by atoms with Crippen molar-refractivity contribution < 1.29 is 17.9 Å². The summed E-state index contributed by atoms with van der Waals surface area (Å²) in [6, 6.07) is 10.8. The Labute approximate surface area is 146 Å². The van der Waals surface area contributed by atoms with Crippen molar-refractivity contribution in [3.63, 3.8) is 0 Å². The van der Waals surface area contributed by atoms with E-state index in [9.17, 15) is 13.2 Å². The van der Waals surface area contributed by atoms with Crippen molar-refractivity contribution in [2.45, 2.75) is 11.1 Å². The predicted molar refractivity (Wildman–Crippen MR) is 93.8 cm³/mol. The molecule has 1 aromatic heterocycles. The van der Waals surface area contributed by atoms with Crippen molar-refractivity contribution in [3.8, 4) is 5.75 Å². The molecule has 24 heavy (non-hydrogen) atoms. The molecule has 1 aromatic carbocycles. The molecule has 0 unspecified atom stereocenters. The highest BCUT2D eigenvalue weighted by Gasteiger charge is 2.23. The van der Waals surface area contributed by atoms with E-state index in [1.54, 1.807) is 11.4 Å². The number of carbonyl (C=O) groups excluding carboxylic acids is 1. The number of likely N-dealkylation sites (N-methyl/N-ethyl adjacent to an activating group) is 1. The van der Waals surface area contributed by atoms with Gasteiger partial charge in [-0.25, -0.2) is 8.42 Å². The zero-order valence-electron chi connectivity index (χ0n) is 13.6. The average Bonchev–Trinajstić information content (AvgIpc) is 3.08. The highest BCUT2D eigenvalue weighted by atomic mass is 32.2. The molecule has 1 heterocycles. The monoisotopic (exact) mass is 368 g/mol. The van der Waals surface area contributed by atoms with Crippen molar-refractivity contribution in [1.29, 1.82) is 0 Å². The molecule has 2 rings (SSSR count). The standard InChI is InChI=1S/C16H20N2O4S2/c1-13-5-7-14(8-6-13)22-10-9-17-15(19)12-18(2)24(20,21)16-4-3-11-23-16/h3-8,11H,9-10,12H2,1-2H3,(H,17,19). The van der Waals surface area contributed by atoms with Crippen molar-refractivity contribution in [3.05, 3.63) is 47.3 Å². The van der Waals surface area contributed by atoms with Gasteiger partial charge in [-0.15, -0.1) is 11.3 Å². The van der Waals surface area contributed by atoms with Crippen LogP contribution >= 0.6 is 11.3 Å². The number of hydrogen-bond acceptors (Lipinski definition) is 5. The number of ether oxygens (including phenoxy) is 1. The van der Waals surface area contributed by atoms with Gasteiger partial charge in [0.05, 0.1) is 13.1 Å². The summed E-state index contributed by atoms with van der Waals surface area (Å²) < 4.78 is 31.2. The lowest BCUT2D eigenvalue weighted by Gasteiger charge is -2.15. The molecular weight excluding hydrogens is 348 g/mol. The van der Waals surface area contributed by atoms with E-state index in [1.165, 1.54) is 13.1 Å². The lowest BCUT2D eigenvalue weighted by atomic mass is 10.2. The Morgan fingerprint density at radius 2 is 1.96 bits per heavy atom. The van der Waals surface area contributed by atoms with E-state index in [4.69, 9.17) is 4.74 Å². The normalized spacial score (nSPS) is 11.5. The number of sulfonamides is 1. The first-order chi connectivity index (χ1) is 11.4. The fraction of sp³-hybridized carbons (Fsp3) is 0.312. The maximum atomic E-state index is 12.2. The minimum Gasteiger partial charge on any atom is -0.492 e. The highest BCUT2D eigenvalue weighted by molar-refractivity contribution is 7.91. The smallest absolute Gasteiger partial charge is 0.252 e. The van der Waals surface area contributed by atoms with Crippen molar-refractivity contribution in [2.75, 3.05) is 26.7 Å². The summed E-state index contributed by atoms with van der Waals surface area (Å²) in [4.78, 5) is 11.9. The number of amides is 1. The number of nitrogens with zero attached hydrogens (tertiary/aromatic N) is 1. The zero-order valence-corrected chi connectivity index (χ0v) is 15.2. The Hall–Kier alpha value is -1.90. The van der Waals surface area contributed by atoms with Crippen LogP contribution in [0.25, 0.3) is 0 Å². The summed E-state index contributed by atoms with van der Waals surface area (Å²) in [5.74, 6) is 0.359. The summed E-state index contributed by atoms with van der Waals surface area (Å²) >= 11 is 1.12. The van der Waals surface area contributed by atoms with Crippen LogP contribution in [0.2, 0.25) is 0 Å². The molecule has 0 aliphatic heterocycles. The Balaban J connectivity index is 1.74. The second-order valence-corrected chi connectivity index (χ2v) is 8.42. The van der Waals surface area contributed by atoms with E-state index in [-0.39, 0.29) is 16.7 Å². The van der Waals surface area contributed by atoms with Crippen molar-refractivity contribution >= 4 is 27.3 Å². The van der Waals surface area contributed by atoms with Gasteiger partial charge >= 0.3 is 0 Å². The molecule has 1 N–H and O–H groups in total. The topological polar surface area (TPSA) is 75.7 Å². The molecule has 0 bridgehead atoms. The van der Waals surface area contributed by atoms with Crippen LogP contribution in [-0.2, 0) is 14.8 Å². The lowest BCUT2D eigenvalue weighted by molar-refractivity contribution is -0.121. The van der Waals surface area contributed by atoms with Gasteiger partial charge in [0.1, 0.15) is 16.6 Å². The van der Waals surface area contributed by atoms with Gasteiger partial charge in [-0.1, -0.05) is 23.8 Å². The van der Waals surface area contributed by atoms with Crippen LogP contribution in [-0.4, -0.2) is 45.4 Å². The minimum absolute atomic E-state index is 0.223. The first-order valence-corrected chi connectivity index (χ1v) is 9.67. The largest absolute Gasteiger partial charge is 0.492 e. The highest BCUT2D eigenvalue weighted by Crippen LogP contribution is 2.19. The van der Waals surface area contributed by atoms with Gasteiger partial charge in [0.2, 0.25) is 5.91 Å². The Kier molecular flexibility index (Phi) is 6.36. The van der Waals surface area contributed by atoms with Crippen molar-refractivity contribution in [2.24, 2.45) is 0 Å². The summed E-state index contributed by atoms with van der Waals surface area (Å²) in [6.07, 6.45) is 0. The molecule has 0 aliphatic carbocycles. The quantitative estimate of drug-likeness (QED) is 0.722. The van der Waals surface area contributed by atoms with E-state index >= 15 is 0 Å². The number of thiophene rings is 1. The summed E-state index contributed by atoms with van der Waals surface area (Å²) in [7, 11) is -2.22. The molecule has 0 atom stereocenters. The molecule has 6 nitrogen and oxygen atoms in total. The Morgan fingerprint density at radius 3 is 2.58 bits per heavy atom. The number of aryl methyl sites for hydroxylation is 1. The second kappa shape index (κ2) is 8.27. The molecule has 0 saturated carbocycles. The predicted octanol–water partition coefficient (Wildman–Crippen LogP) is 1.87. The molecule has 0 aliphatic rings. The molecular formula is C16H20N2O4S2. The van der Waals surface area contributed by atoms with E-state index in [0.29, 0.717) is 13.2 Å². The second-order valence-electron chi connectivity index (χ2n) is 5.20. The van der Waals surface area contributed by atoms with Crippen LogP contribution in [0.3, 0.4) is 0 Å². The lowest BCUT2D eigenvalue weighted by Crippen LogP contribution is -2.39. The molecule has 0 radical (unpaired) electrons. The van der Waals surface area contributed by atoms with E-state index in [0.717, 1.165) is 27.0 Å². The van der Waals surface area contributed by atoms with Gasteiger partial charge in [0.25, 0.3) is 10.0 Å². The summed E-state index contributed by atoms with van der Waals surface area (Å²) in [5, 5.41) is 4.33. The summed E-state index contributed by atoms with van der Waals surface area (Å²) in [5.41, 5.74) is 1.14. The number of carbonyl (C=O) groups is 1. The third-order valence-electron chi connectivity index (χ3n) is 3.24. The van der Waals surface area contributed by atoms with Crippen LogP contribution in [0.4, 0.5) is 0 Å². The van der Waals surface area contributed by atoms with E-state index in [2.05, 4.69) is 5.32 Å². The van der Waals surface area contributed by atoms with Crippen LogP contribution in [0.1, 0.15) is 5.56 Å². The molecule has 0 saturated heterocycles. The van der Waals surface area contributed by atoms with Crippen LogP contribution in [0.15, 0.2) is 46.0 Å². The fourth-order valence-electron chi connectivity index (χ4n) is 1.90. The number of hydrogen-bond donors (Lipinski definition) is 1. The van der Waals surface area contributed by atoms with Crippen LogP contribution in [0, 0.1) is 6.92 Å². The zero-order chi connectivity index (χ0) is 17.6. The first kappa shape index (κ1) is 18.4. The minimum atomic E-state index is -3.61. The maximum absolute atomic E-state index is 12.2. The molecule has 2 aromatic rings. The first-order valence-electron chi connectivity index (χ1n) is 7.35. The van der Waals surface area contributed by atoms with Crippen molar-refractivity contribution in [1.82, 2.24) is 9.62 Å². The van der Waals surface area contributed by atoms with Gasteiger partial charge < -0.3 is 10.1 Å². The molecule has 130 valence electrons. The third-order valence-corrected chi connectivity index (χ3v) is 6.42. The van der Waals surface area contributed by atoms with Gasteiger partial charge in [-0.05, 0) is 30.5 Å². The van der Waals surface area contributed by atoms with Gasteiger partial charge in [0, 0.05) is 7.05 Å². The van der Waals surface area contributed by atoms with Crippen LogP contribution in [0.5, 0.6) is 5.75 Å². The third kappa shape index (κ3) is 5.05. The van der Waals surface area contributed by atoms with Gasteiger partial charge in [-0.3, -0.25) is 4.79 Å². The molecule has 0 spiro atoms. The van der Waals surface area contributed by atoms with E-state index < -0.39 is 10.0 Å². The maximum Gasteiger partial charge on any atom is 0.252 e. The van der Waals surface area contributed by atoms with Crippen LogP contribution < -0.4 is 10.1 Å². The van der Waals surface area contributed by atoms with Gasteiger partial charge in [0.15, 0.2) is 0 Å². The number of benzene rings is 1. The molecule has 1 amide bonds. The number of nitrogens with one attached hydrogen (secondary N) is 1. The Morgan fingerprint density at radius 1 is 1.25 bits per heavy atom.